The Morgan fingerprint density at radius 2 is 1.65 bits per heavy atom. The van der Waals surface area contributed by atoms with Crippen LogP contribution in [-0.4, -0.2) is 30.4 Å². The Hall–Kier alpha value is -2.53. The van der Waals surface area contributed by atoms with Crippen LogP contribution >= 0.6 is 11.8 Å². The lowest BCUT2D eigenvalue weighted by Crippen LogP contribution is -2.32. The fourth-order valence-corrected chi connectivity index (χ4v) is 3.82. The molecular formula is C21H21NO3S. The molecule has 0 unspecified atom stereocenters. The van der Waals surface area contributed by atoms with Gasteiger partial charge in [0.15, 0.2) is 0 Å². The summed E-state index contributed by atoms with van der Waals surface area (Å²) < 4.78 is 5.19. The highest BCUT2D eigenvalue weighted by Crippen LogP contribution is 2.39. The lowest BCUT2D eigenvalue weighted by atomic mass is 10.1. The molecule has 0 aromatic heterocycles. The van der Waals surface area contributed by atoms with Gasteiger partial charge in [-0.1, -0.05) is 55.4 Å². The minimum Gasteiger partial charge on any atom is -0.497 e. The van der Waals surface area contributed by atoms with Crippen LogP contribution in [0, 0.1) is 0 Å². The number of hydrogen-bond acceptors (Lipinski definition) is 4. The molecule has 134 valence electrons. The first-order chi connectivity index (χ1) is 12.7. The van der Waals surface area contributed by atoms with E-state index in [9.17, 15) is 9.59 Å². The van der Waals surface area contributed by atoms with E-state index in [2.05, 4.69) is 0 Å². The number of nitrogens with zero attached hydrogens (tertiary/aromatic N) is 1. The van der Waals surface area contributed by atoms with Gasteiger partial charge < -0.3 is 4.74 Å². The highest BCUT2D eigenvalue weighted by atomic mass is 32.2. The third-order valence-corrected chi connectivity index (χ3v) is 5.29. The summed E-state index contributed by atoms with van der Waals surface area (Å²) in [7, 11) is 1.60. The second-order valence-corrected chi connectivity index (χ2v) is 7.05. The molecule has 4 nitrogen and oxygen atoms in total. The van der Waals surface area contributed by atoms with Crippen LogP contribution in [0.15, 0.2) is 64.4 Å². The third kappa shape index (κ3) is 3.68. The minimum absolute atomic E-state index is 0.205. The first-order valence-electron chi connectivity index (χ1n) is 8.63. The molecule has 0 saturated heterocycles. The Balaban J connectivity index is 2.01. The highest BCUT2D eigenvalue weighted by Gasteiger charge is 2.38. The van der Waals surface area contributed by atoms with Crippen molar-refractivity contribution < 1.29 is 14.3 Å². The van der Waals surface area contributed by atoms with Gasteiger partial charge in [0.05, 0.1) is 17.6 Å². The van der Waals surface area contributed by atoms with Crippen LogP contribution in [0.25, 0.3) is 5.57 Å². The second kappa shape index (κ2) is 8.23. The molecule has 26 heavy (non-hydrogen) atoms. The zero-order chi connectivity index (χ0) is 18.5. The average Bonchev–Trinajstić information content (AvgIpc) is 2.91. The monoisotopic (exact) mass is 367 g/mol. The van der Waals surface area contributed by atoms with Crippen LogP contribution < -0.4 is 4.74 Å². The number of hydrogen-bond donors (Lipinski definition) is 0. The van der Waals surface area contributed by atoms with Crippen molar-refractivity contribution in [3.05, 3.63) is 65.1 Å². The molecule has 1 aliphatic rings. The summed E-state index contributed by atoms with van der Waals surface area (Å²) in [4.78, 5) is 28.7. The number of benzene rings is 2. The van der Waals surface area contributed by atoms with E-state index in [1.165, 1.54) is 16.7 Å². The van der Waals surface area contributed by atoms with Crippen molar-refractivity contribution >= 4 is 29.1 Å². The molecule has 2 aromatic carbocycles. The van der Waals surface area contributed by atoms with Crippen molar-refractivity contribution in [2.45, 2.75) is 24.7 Å². The lowest BCUT2D eigenvalue weighted by Gasteiger charge is -2.14. The number of unbranched alkanes of at least 4 members (excludes halogenated alkanes) is 1. The molecule has 0 bridgehead atoms. The van der Waals surface area contributed by atoms with Crippen molar-refractivity contribution in [2.75, 3.05) is 13.7 Å². The largest absolute Gasteiger partial charge is 0.497 e. The molecule has 0 fully saturated rings. The van der Waals surface area contributed by atoms with E-state index < -0.39 is 0 Å². The Labute approximate surface area is 157 Å². The molecule has 0 atom stereocenters. The molecule has 2 aromatic rings. The number of imide groups is 1. The summed E-state index contributed by atoms with van der Waals surface area (Å²) in [6, 6.07) is 16.9. The van der Waals surface area contributed by atoms with Gasteiger partial charge in [0, 0.05) is 11.4 Å². The topological polar surface area (TPSA) is 46.6 Å². The van der Waals surface area contributed by atoms with E-state index in [4.69, 9.17) is 4.74 Å². The van der Waals surface area contributed by atoms with Gasteiger partial charge in [-0.3, -0.25) is 14.5 Å². The molecule has 1 heterocycles. The summed E-state index contributed by atoms with van der Waals surface area (Å²) in [5.74, 6) is 0.293. The van der Waals surface area contributed by atoms with Crippen LogP contribution in [0.4, 0.5) is 0 Å². The molecule has 0 aliphatic carbocycles. The zero-order valence-electron chi connectivity index (χ0n) is 14.9. The van der Waals surface area contributed by atoms with Crippen LogP contribution in [0.5, 0.6) is 5.75 Å². The van der Waals surface area contributed by atoms with Crippen LogP contribution in [0.1, 0.15) is 25.3 Å². The molecule has 5 heteroatoms. The molecule has 0 N–H and O–H groups in total. The second-order valence-electron chi connectivity index (χ2n) is 5.96. The lowest BCUT2D eigenvalue weighted by molar-refractivity contribution is -0.136. The number of amides is 2. The number of carbonyl (C=O) groups excluding carboxylic acids is 2. The first kappa shape index (κ1) is 18.3. The molecular weight excluding hydrogens is 346 g/mol. The van der Waals surface area contributed by atoms with Gasteiger partial charge in [-0.05, 0) is 36.2 Å². The average molecular weight is 367 g/mol. The molecule has 1 aliphatic heterocycles. The van der Waals surface area contributed by atoms with Crippen molar-refractivity contribution in [1.82, 2.24) is 4.90 Å². The minimum atomic E-state index is -0.216. The number of rotatable bonds is 7. The molecule has 0 spiro atoms. The predicted molar refractivity (Wildman–Crippen MR) is 104 cm³/mol. The first-order valence-corrected chi connectivity index (χ1v) is 9.45. The number of ether oxygens (including phenoxy) is 1. The SMILES string of the molecule is CCCCN1C(=O)C(Sc2ccccc2)=C(c2ccc(OC)cc2)C1=O. The highest BCUT2D eigenvalue weighted by molar-refractivity contribution is 8.04. The molecule has 3 rings (SSSR count). The summed E-state index contributed by atoms with van der Waals surface area (Å²) in [5.41, 5.74) is 1.21. The van der Waals surface area contributed by atoms with E-state index in [0.717, 1.165) is 23.3 Å². The van der Waals surface area contributed by atoms with E-state index >= 15 is 0 Å². The Morgan fingerprint density at radius 3 is 2.27 bits per heavy atom. The van der Waals surface area contributed by atoms with Gasteiger partial charge >= 0.3 is 0 Å². The summed E-state index contributed by atoms with van der Waals surface area (Å²) in [6.07, 6.45) is 1.73. The van der Waals surface area contributed by atoms with Crippen molar-refractivity contribution in [3.8, 4) is 5.75 Å². The molecule has 0 saturated carbocycles. The van der Waals surface area contributed by atoms with Crippen molar-refractivity contribution in [1.29, 1.82) is 0 Å². The maximum atomic E-state index is 13.0. The normalized spacial score (nSPS) is 14.3. The van der Waals surface area contributed by atoms with E-state index in [0.29, 0.717) is 22.8 Å². The molecule has 0 radical (unpaired) electrons. The number of carbonyl (C=O) groups is 2. The molecule has 2 amide bonds. The Bertz CT molecular complexity index is 828. The Kier molecular flexibility index (Phi) is 5.78. The van der Waals surface area contributed by atoms with E-state index in [1.807, 2.05) is 49.4 Å². The Morgan fingerprint density at radius 1 is 0.962 bits per heavy atom. The zero-order valence-corrected chi connectivity index (χ0v) is 15.7. The smallest absolute Gasteiger partial charge is 0.268 e. The maximum absolute atomic E-state index is 13.0. The van der Waals surface area contributed by atoms with Gasteiger partial charge in [-0.15, -0.1) is 0 Å². The van der Waals surface area contributed by atoms with E-state index in [-0.39, 0.29) is 11.8 Å². The van der Waals surface area contributed by atoms with Crippen LogP contribution in [-0.2, 0) is 9.59 Å². The quantitative estimate of drug-likeness (QED) is 0.682. The maximum Gasteiger partial charge on any atom is 0.268 e. The van der Waals surface area contributed by atoms with Crippen LogP contribution in [0.2, 0.25) is 0 Å². The third-order valence-electron chi connectivity index (χ3n) is 4.20. The van der Waals surface area contributed by atoms with Gasteiger partial charge in [0.25, 0.3) is 11.8 Å². The van der Waals surface area contributed by atoms with E-state index in [1.54, 1.807) is 19.2 Å². The summed E-state index contributed by atoms with van der Waals surface area (Å²) >= 11 is 1.35. The van der Waals surface area contributed by atoms with Gasteiger partial charge in [-0.2, -0.15) is 0 Å². The number of thioether (sulfide) groups is 1. The van der Waals surface area contributed by atoms with Crippen LogP contribution in [0.3, 0.4) is 0 Å². The standard InChI is InChI=1S/C21H21NO3S/c1-3-4-14-22-20(23)18(15-10-12-16(25-2)13-11-15)19(21(22)24)26-17-8-6-5-7-9-17/h5-13H,3-4,14H2,1-2H3. The van der Waals surface area contributed by atoms with Gasteiger partial charge in [0.2, 0.25) is 0 Å². The fraction of sp³-hybridized carbons (Fsp3) is 0.238. The summed E-state index contributed by atoms with van der Waals surface area (Å²) in [6.45, 7) is 2.50. The summed E-state index contributed by atoms with van der Waals surface area (Å²) in [5, 5.41) is 0. The predicted octanol–water partition coefficient (Wildman–Crippen LogP) is 4.37. The van der Waals surface area contributed by atoms with Gasteiger partial charge in [-0.25, -0.2) is 0 Å². The van der Waals surface area contributed by atoms with Crippen molar-refractivity contribution in [3.63, 3.8) is 0 Å². The fourth-order valence-electron chi connectivity index (χ4n) is 2.79. The number of methoxy groups -OCH3 is 1. The van der Waals surface area contributed by atoms with Gasteiger partial charge in [0.1, 0.15) is 5.75 Å². The van der Waals surface area contributed by atoms with Crippen molar-refractivity contribution in [2.24, 2.45) is 0 Å².